The molecule has 0 aromatic heterocycles. The Kier molecular flexibility index (Phi) is 7.61. The Balaban J connectivity index is 1.97. The molecule has 0 amide bonds. The lowest BCUT2D eigenvalue weighted by Gasteiger charge is -2.28. The van der Waals surface area contributed by atoms with E-state index >= 15 is 0 Å². The number of likely N-dealkylation sites (N-methyl/N-ethyl adjacent to an activating group) is 1. The van der Waals surface area contributed by atoms with Crippen molar-refractivity contribution in [2.75, 3.05) is 46.4 Å². The number of nitrogens with zero attached hydrogens (tertiary/aromatic N) is 2. The van der Waals surface area contributed by atoms with Gasteiger partial charge in [0.1, 0.15) is 0 Å². The molecule has 1 saturated heterocycles. The fourth-order valence-electron chi connectivity index (χ4n) is 2.30. The summed E-state index contributed by atoms with van der Waals surface area (Å²) in [6.07, 6.45) is 2.57. The summed E-state index contributed by atoms with van der Waals surface area (Å²) in [5, 5.41) is 0. The van der Waals surface area contributed by atoms with Crippen LogP contribution >= 0.6 is 9.39 Å². The van der Waals surface area contributed by atoms with Gasteiger partial charge in [0.15, 0.2) is 0 Å². The highest BCUT2D eigenvalue weighted by atomic mass is 31.0. The molecule has 0 aliphatic carbocycles. The normalized spacial score (nSPS) is 19.4. The molecule has 4 heteroatoms. The Labute approximate surface area is 109 Å². The fraction of sp³-hybridized carbons (Fsp3) is 1.00. The maximum Gasteiger partial charge on any atom is 0.0593 e. The summed E-state index contributed by atoms with van der Waals surface area (Å²) in [6.45, 7) is 11.0. The van der Waals surface area contributed by atoms with Crippen molar-refractivity contribution < 1.29 is 4.74 Å². The van der Waals surface area contributed by atoms with Gasteiger partial charge in [-0.25, -0.2) is 0 Å². The SMILES string of the molecule is CC(C)CN(C)CCOCC1CCN(P)CC1. The van der Waals surface area contributed by atoms with Crippen molar-refractivity contribution >= 4 is 9.39 Å². The smallest absolute Gasteiger partial charge is 0.0593 e. The molecule has 1 aliphatic heterocycles. The summed E-state index contributed by atoms with van der Waals surface area (Å²) in [6, 6.07) is 0. The first-order valence-electron chi connectivity index (χ1n) is 6.84. The van der Waals surface area contributed by atoms with Crippen LogP contribution in [-0.2, 0) is 4.74 Å². The van der Waals surface area contributed by atoms with Gasteiger partial charge >= 0.3 is 0 Å². The average Bonchev–Trinajstić information content (AvgIpc) is 2.26. The summed E-state index contributed by atoms with van der Waals surface area (Å²) in [5.74, 6) is 1.52. The maximum absolute atomic E-state index is 5.79. The zero-order valence-corrected chi connectivity index (χ0v) is 12.8. The van der Waals surface area contributed by atoms with E-state index in [1.807, 2.05) is 0 Å². The molecule has 0 aromatic carbocycles. The predicted molar refractivity (Wildman–Crippen MR) is 77.2 cm³/mol. The van der Waals surface area contributed by atoms with E-state index in [9.17, 15) is 0 Å². The monoisotopic (exact) mass is 260 g/mol. The summed E-state index contributed by atoms with van der Waals surface area (Å²) >= 11 is 0. The summed E-state index contributed by atoms with van der Waals surface area (Å²) in [4.78, 5) is 2.36. The Morgan fingerprint density at radius 2 is 2.00 bits per heavy atom. The topological polar surface area (TPSA) is 15.7 Å². The van der Waals surface area contributed by atoms with E-state index in [0.29, 0.717) is 0 Å². The molecule has 0 N–H and O–H groups in total. The highest BCUT2D eigenvalue weighted by molar-refractivity contribution is 7.13. The number of rotatable bonds is 7. The first kappa shape index (κ1) is 15.4. The van der Waals surface area contributed by atoms with E-state index in [1.54, 1.807) is 0 Å². The third kappa shape index (κ3) is 7.35. The van der Waals surface area contributed by atoms with Gasteiger partial charge in [0.05, 0.1) is 6.61 Å². The van der Waals surface area contributed by atoms with Gasteiger partial charge in [0.2, 0.25) is 0 Å². The molecule has 1 fully saturated rings. The second-order valence-electron chi connectivity index (χ2n) is 5.71. The Bertz CT molecular complexity index is 194. The van der Waals surface area contributed by atoms with Crippen LogP contribution in [0.5, 0.6) is 0 Å². The number of piperidine rings is 1. The van der Waals surface area contributed by atoms with E-state index < -0.39 is 0 Å². The van der Waals surface area contributed by atoms with Crippen molar-refractivity contribution in [2.24, 2.45) is 11.8 Å². The van der Waals surface area contributed by atoms with Gasteiger partial charge < -0.3 is 9.64 Å². The highest BCUT2D eigenvalue weighted by Crippen LogP contribution is 2.19. The quantitative estimate of drug-likeness (QED) is 0.515. The second kappa shape index (κ2) is 8.42. The minimum absolute atomic E-state index is 0.742. The minimum Gasteiger partial charge on any atom is -0.380 e. The summed E-state index contributed by atoms with van der Waals surface area (Å²) in [5.41, 5.74) is 0. The largest absolute Gasteiger partial charge is 0.380 e. The predicted octanol–water partition coefficient (Wildman–Crippen LogP) is 2.09. The second-order valence-corrected chi connectivity index (χ2v) is 6.44. The van der Waals surface area contributed by atoms with Gasteiger partial charge in [-0.05, 0) is 31.7 Å². The van der Waals surface area contributed by atoms with E-state index in [1.165, 1.54) is 25.9 Å². The van der Waals surface area contributed by atoms with Crippen LogP contribution in [0.4, 0.5) is 0 Å². The zero-order valence-electron chi connectivity index (χ0n) is 11.7. The molecule has 1 unspecified atom stereocenters. The van der Waals surface area contributed by atoms with E-state index in [2.05, 4.69) is 39.9 Å². The van der Waals surface area contributed by atoms with Crippen LogP contribution in [0.15, 0.2) is 0 Å². The Hall–Kier alpha value is 0.310. The molecular weight excluding hydrogens is 231 g/mol. The van der Waals surface area contributed by atoms with Crippen molar-refractivity contribution in [3.8, 4) is 0 Å². The van der Waals surface area contributed by atoms with Gasteiger partial charge in [-0.2, -0.15) is 0 Å². The van der Waals surface area contributed by atoms with Crippen LogP contribution in [0.25, 0.3) is 0 Å². The zero-order chi connectivity index (χ0) is 12.7. The maximum atomic E-state index is 5.79. The van der Waals surface area contributed by atoms with Crippen LogP contribution in [-0.4, -0.2) is 56.0 Å². The molecule has 102 valence electrons. The molecular formula is C13H29N2OP. The molecule has 17 heavy (non-hydrogen) atoms. The van der Waals surface area contributed by atoms with Crippen LogP contribution in [0.1, 0.15) is 26.7 Å². The van der Waals surface area contributed by atoms with E-state index in [-0.39, 0.29) is 0 Å². The van der Waals surface area contributed by atoms with E-state index in [0.717, 1.165) is 38.1 Å². The lowest BCUT2D eigenvalue weighted by atomic mass is 9.99. The van der Waals surface area contributed by atoms with Crippen LogP contribution in [0.3, 0.4) is 0 Å². The third-order valence-corrected chi connectivity index (χ3v) is 3.81. The Morgan fingerprint density at radius 3 is 2.59 bits per heavy atom. The lowest BCUT2D eigenvalue weighted by Crippen LogP contribution is -2.30. The van der Waals surface area contributed by atoms with Gasteiger partial charge in [0.25, 0.3) is 0 Å². The van der Waals surface area contributed by atoms with Crippen molar-refractivity contribution in [1.82, 2.24) is 9.57 Å². The summed E-state index contributed by atoms with van der Waals surface area (Å²) < 4.78 is 8.12. The molecule has 1 heterocycles. The van der Waals surface area contributed by atoms with Crippen molar-refractivity contribution in [3.05, 3.63) is 0 Å². The highest BCUT2D eigenvalue weighted by Gasteiger charge is 2.16. The average molecular weight is 260 g/mol. The molecule has 0 aromatic rings. The molecule has 0 saturated carbocycles. The van der Waals surface area contributed by atoms with Crippen LogP contribution in [0, 0.1) is 11.8 Å². The summed E-state index contributed by atoms with van der Waals surface area (Å²) in [7, 11) is 4.97. The first-order valence-corrected chi connectivity index (χ1v) is 7.35. The molecule has 0 radical (unpaired) electrons. The molecule has 1 rings (SSSR count). The van der Waals surface area contributed by atoms with Crippen molar-refractivity contribution in [3.63, 3.8) is 0 Å². The first-order chi connectivity index (χ1) is 8.08. The van der Waals surface area contributed by atoms with Gasteiger partial charge in [0, 0.05) is 32.8 Å². The van der Waals surface area contributed by atoms with Crippen molar-refractivity contribution in [1.29, 1.82) is 0 Å². The number of ether oxygens (including phenoxy) is 1. The molecule has 0 spiro atoms. The standard InChI is InChI=1S/C13H29N2OP/c1-12(2)10-14(3)8-9-16-11-13-4-6-15(17)7-5-13/h12-13H,4-11,17H2,1-3H3. The fourth-order valence-corrected chi connectivity index (χ4v) is 2.60. The number of hydrogen-bond acceptors (Lipinski definition) is 3. The third-order valence-electron chi connectivity index (χ3n) is 3.30. The van der Waals surface area contributed by atoms with Crippen molar-refractivity contribution in [2.45, 2.75) is 26.7 Å². The molecule has 1 atom stereocenters. The van der Waals surface area contributed by atoms with Gasteiger partial charge in [-0.1, -0.05) is 23.2 Å². The van der Waals surface area contributed by atoms with Crippen LogP contribution < -0.4 is 0 Å². The van der Waals surface area contributed by atoms with Crippen LogP contribution in [0.2, 0.25) is 0 Å². The van der Waals surface area contributed by atoms with Gasteiger partial charge in [-0.3, -0.25) is 4.67 Å². The molecule has 1 aliphatic rings. The Morgan fingerprint density at radius 1 is 1.35 bits per heavy atom. The van der Waals surface area contributed by atoms with Gasteiger partial charge in [-0.15, -0.1) is 0 Å². The number of hydrogen-bond donors (Lipinski definition) is 0. The molecule has 0 bridgehead atoms. The lowest BCUT2D eigenvalue weighted by molar-refractivity contribution is 0.0661. The minimum atomic E-state index is 0.742. The molecule has 3 nitrogen and oxygen atoms in total. The van der Waals surface area contributed by atoms with E-state index in [4.69, 9.17) is 4.74 Å².